The first-order chi connectivity index (χ1) is 10.0. The fourth-order valence-electron chi connectivity index (χ4n) is 2.18. The van der Waals surface area contributed by atoms with E-state index in [1.165, 1.54) is 5.56 Å². The van der Waals surface area contributed by atoms with E-state index in [-0.39, 0.29) is 0 Å². The number of aryl methyl sites for hydroxylation is 1. The molecule has 2 aromatic carbocycles. The van der Waals surface area contributed by atoms with E-state index < -0.39 is 0 Å². The Balaban J connectivity index is 2.19. The summed E-state index contributed by atoms with van der Waals surface area (Å²) in [6.45, 7) is 2.04. The van der Waals surface area contributed by atoms with Gasteiger partial charge in [-0.15, -0.1) is 0 Å². The van der Waals surface area contributed by atoms with Crippen molar-refractivity contribution < 1.29 is 4.52 Å². The van der Waals surface area contributed by atoms with Gasteiger partial charge >= 0.3 is 0 Å². The third-order valence-corrected chi connectivity index (χ3v) is 3.86. The van der Waals surface area contributed by atoms with Crippen molar-refractivity contribution >= 4 is 33.3 Å². The van der Waals surface area contributed by atoms with Gasteiger partial charge in [-0.25, -0.2) is 0 Å². The highest BCUT2D eigenvalue weighted by atomic mass is 79.9. The fraction of sp³-hybridized carbons (Fsp3) is 0.0625. The number of nitrogens with zero attached hydrogens (tertiary/aromatic N) is 1. The summed E-state index contributed by atoms with van der Waals surface area (Å²) in [5, 5.41) is 4.51. The normalized spacial score (nSPS) is 10.8. The number of hydrogen-bond acceptors (Lipinski definition) is 3. The zero-order chi connectivity index (χ0) is 15.0. The molecule has 2 N–H and O–H groups in total. The van der Waals surface area contributed by atoms with E-state index in [2.05, 4.69) is 21.1 Å². The molecular formula is C16H12BrClN2O. The number of anilines is 1. The Morgan fingerprint density at radius 3 is 2.48 bits per heavy atom. The molecule has 0 aliphatic rings. The molecule has 21 heavy (non-hydrogen) atoms. The highest BCUT2D eigenvalue weighted by Gasteiger charge is 2.18. The van der Waals surface area contributed by atoms with Crippen LogP contribution < -0.4 is 5.73 Å². The maximum atomic E-state index is 6.10. The standard InChI is InChI=1S/C16H12BrClN2O/c1-9-2-4-10(5-3-9)14-15(21-20-16(14)19)11-6-12(17)8-13(18)7-11/h2-8H,1H3,(H2,19,20). The molecule has 0 aliphatic heterocycles. The van der Waals surface area contributed by atoms with Gasteiger partial charge in [-0.1, -0.05) is 62.5 Å². The van der Waals surface area contributed by atoms with Crippen LogP contribution in [0.5, 0.6) is 0 Å². The van der Waals surface area contributed by atoms with Crippen LogP contribution >= 0.6 is 27.5 Å². The monoisotopic (exact) mass is 362 g/mol. The zero-order valence-electron chi connectivity index (χ0n) is 11.2. The van der Waals surface area contributed by atoms with Crippen molar-refractivity contribution in [3.05, 3.63) is 57.5 Å². The van der Waals surface area contributed by atoms with Crippen LogP contribution in [0.3, 0.4) is 0 Å². The van der Waals surface area contributed by atoms with Crippen LogP contribution in [0, 0.1) is 6.92 Å². The lowest BCUT2D eigenvalue weighted by molar-refractivity contribution is 0.436. The van der Waals surface area contributed by atoms with E-state index in [9.17, 15) is 0 Å². The number of aromatic nitrogens is 1. The molecule has 106 valence electrons. The minimum Gasteiger partial charge on any atom is -0.380 e. The van der Waals surface area contributed by atoms with E-state index in [4.69, 9.17) is 21.9 Å². The lowest BCUT2D eigenvalue weighted by Crippen LogP contribution is -1.89. The molecule has 3 nitrogen and oxygen atoms in total. The SMILES string of the molecule is Cc1ccc(-c2c(N)noc2-c2cc(Cl)cc(Br)c2)cc1. The zero-order valence-corrected chi connectivity index (χ0v) is 13.6. The molecule has 0 aliphatic carbocycles. The summed E-state index contributed by atoms with van der Waals surface area (Å²) < 4.78 is 6.29. The highest BCUT2D eigenvalue weighted by Crippen LogP contribution is 2.38. The maximum absolute atomic E-state index is 6.10. The molecule has 0 atom stereocenters. The minimum absolute atomic E-state index is 0.366. The largest absolute Gasteiger partial charge is 0.380 e. The van der Waals surface area contributed by atoms with Crippen LogP contribution in [0.4, 0.5) is 5.82 Å². The molecule has 0 radical (unpaired) electrons. The van der Waals surface area contributed by atoms with Crippen molar-refractivity contribution in [2.45, 2.75) is 6.92 Å². The number of benzene rings is 2. The Kier molecular flexibility index (Phi) is 3.74. The van der Waals surface area contributed by atoms with Gasteiger partial charge in [-0.3, -0.25) is 0 Å². The van der Waals surface area contributed by atoms with E-state index in [1.807, 2.05) is 49.4 Å². The Bertz CT molecular complexity index is 776. The summed E-state index contributed by atoms with van der Waals surface area (Å²) >= 11 is 9.53. The Labute approximate surface area is 135 Å². The third kappa shape index (κ3) is 2.82. The van der Waals surface area contributed by atoms with Crippen molar-refractivity contribution in [3.8, 4) is 22.5 Å². The molecule has 3 aromatic rings. The van der Waals surface area contributed by atoms with Gasteiger partial charge in [0, 0.05) is 15.1 Å². The van der Waals surface area contributed by atoms with Gasteiger partial charge in [-0.2, -0.15) is 0 Å². The number of nitrogens with two attached hydrogens (primary N) is 1. The number of hydrogen-bond donors (Lipinski definition) is 1. The molecule has 0 saturated carbocycles. The van der Waals surface area contributed by atoms with Gasteiger partial charge in [0.15, 0.2) is 11.6 Å². The molecule has 0 saturated heterocycles. The second-order valence-corrected chi connectivity index (χ2v) is 6.15. The summed E-state index contributed by atoms with van der Waals surface area (Å²) in [5.74, 6) is 0.976. The second kappa shape index (κ2) is 5.54. The van der Waals surface area contributed by atoms with Gasteiger partial charge in [0.25, 0.3) is 0 Å². The molecule has 3 rings (SSSR count). The van der Waals surface area contributed by atoms with Crippen molar-refractivity contribution in [1.82, 2.24) is 5.16 Å². The third-order valence-electron chi connectivity index (χ3n) is 3.18. The molecule has 0 bridgehead atoms. The van der Waals surface area contributed by atoms with E-state index in [0.29, 0.717) is 16.6 Å². The van der Waals surface area contributed by atoms with Crippen molar-refractivity contribution in [1.29, 1.82) is 0 Å². The first-order valence-electron chi connectivity index (χ1n) is 6.33. The van der Waals surface area contributed by atoms with Crippen LogP contribution in [0.25, 0.3) is 22.5 Å². The van der Waals surface area contributed by atoms with E-state index in [0.717, 1.165) is 21.2 Å². The summed E-state index contributed by atoms with van der Waals surface area (Å²) in [6.07, 6.45) is 0. The summed E-state index contributed by atoms with van der Waals surface area (Å²) in [6, 6.07) is 13.6. The predicted molar refractivity (Wildman–Crippen MR) is 89.2 cm³/mol. The molecular weight excluding hydrogens is 352 g/mol. The lowest BCUT2D eigenvalue weighted by Gasteiger charge is -2.05. The topological polar surface area (TPSA) is 52.0 Å². The predicted octanol–water partition coefficient (Wildman–Crippen LogP) is 5.32. The van der Waals surface area contributed by atoms with Crippen molar-refractivity contribution in [3.63, 3.8) is 0 Å². The molecule has 0 unspecified atom stereocenters. The lowest BCUT2D eigenvalue weighted by atomic mass is 10.0. The van der Waals surface area contributed by atoms with Crippen LogP contribution in [-0.4, -0.2) is 5.16 Å². The second-order valence-electron chi connectivity index (χ2n) is 4.80. The molecule has 1 heterocycles. The van der Waals surface area contributed by atoms with Crippen molar-refractivity contribution in [2.24, 2.45) is 0 Å². The van der Waals surface area contributed by atoms with E-state index in [1.54, 1.807) is 0 Å². The van der Waals surface area contributed by atoms with Crippen LogP contribution in [-0.2, 0) is 0 Å². The van der Waals surface area contributed by atoms with E-state index >= 15 is 0 Å². The summed E-state index contributed by atoms with van der Waals surface area (Å²) in [4.78, 5) is 0. The van der Waals surface area contributed by atoms with Gasteiger partial charge < -0.3 is 10.3 Å². The quantitative estimate of drug-likeness (QED) is 0.671. The Hall–Kier alpha value is -1.78. The summed E-state index contributed by atoms with van der Waals surface area (Å²) in [5.41, 5.74) is 9.73. The average molecular weight is 364 g/mol. The van der Waals surface area contributed by atoms with Gasteiger partial charge in [-0.05, 0) is 30.7 Å². The smallest absolute Gasteiger partial charge is 0.177 e. The Morgan fingerprint density at radius 1 is 1.10 bits per heavy atom. The average Bonchev–Trinajstić information content (AvgIpc) is 2.80. The molecule has 0 fully saturated rings. The molecule has 0 amide bonds. The number of nitrogen functional groups attached to an aromatic ring is 1. The fourth-order valence-corrected chi connectivity index (χ4v) is 3.04. The van der Waals surface area contributed by atoms with Gasteiger partial charge in [0.2, 0.25) is 0 Å². The maximum Gasteiger partial charge on any atom is 0.177 e. The molecule has 1 aromatic heterocycles. The highest BCUT2D eigenvalue weighted by molar-refractivity contribution is 9.10. The van der Waals surface area contributed by atoms with Crippen LogP contribution in [0.2, 0.25) is 5.02 Å². The minimum atomic E-state index is 0.366. The van der Waals surface area contributed by atoms with Gasteiger partial charge in [0.1, 0.15) is 0 Å². The number of halogens is 2. The van der Waals surface area contributed by atoms with Crippen molar-refractivity contribution in [2.75, 3.05) is 5.73 Å². The van der Waals surface area contributed by atoms with Crippen LogP contribution in [0.1, 0.15) is 5.56 Å². The van der Waals surface area contributed by atoms with Gasteiger partial charge in [0.05, 0.1) is 5.56 Å². The first-order valence-corrected chi connectivity index (χ1v) is 7.50. The first kappa shape index (κ1) is 14.2. The summed E-state index contributed by atoms with van der Waals surface area (Å²) in [7, 11) is 0. The van der Waals surface area contributed by atoms with Crippen LogP contribution in [0.15, 0.2) is 51.5 Å². The number of rotatable bonds is 2. The Morgan fingerprint density at radius 2 is 1.81 bits per heavy atom. The molecule has 0 spiro atoms. The molecule has 5 heteroatoms.